The first-order valence-electron chi connectivity index (χ1n) is 7.99. The zero-order valence-corrected chi connectivity index (χ0v) is 13.6. The number of fused-ring (bicyclic) bond motifs is 1. The average molecular weight is 338 g/mol. The maximum atomic E-state index is 12.1. The first-order chi connectivity index (χ1) is 11.1. The molecule has 0 bridgehead atoms. The van der Waals surface area contributed by atoms with Crippen LogP contribution in [0, 0.1) is 5.92 Å². The highest BCUT2D eigenvalue weighted by atomic mass is 35.5. The van der Waals surface area contributed by atoms with Gasteiger partial charge in [-0.1, -0.05) is 24.4 Å². The van der Waals surface area contributed by atoms with E-state index in [0.29, 0.717) is 11.4 Å². The van der Waals surface area contributed by atoms with Crippen molar-refractivity contribution in [2.45, 2.75) is 38.1 Å². The Labute approximate surface area is 140 Å². The van der Waals surface area contributed by atoms with Gasteiger partial charge in [0.25, 0.3) is 5.91 Å². The number of carbonyl (C=O) groups excluding carboxylic acids is 2. The SMILES string of the molecule is O=C(COC(=O)[C@H]1COc2ccc(Cl)cc2C1)NC1CCCC1. The number of amides is 1. The third-order valence-corrected chi connectivity index (χ3v) is 4.56. The second-order valence-electron chi connectivity index (χ2n) is 6.12. The Kier molecular flexibility index (Phi) is 5.06. The number of hydrogen-bond donors (Lipinski definition) is 1. The molecule has 1 amide bonds. The molecule has 1 N–H and O–H groups in total. The topological polar surface area (TPSA) is 64.6 Å². The monoisotopic (exact) mass is 337 g/mol. The number of halogens is 1. The lowest BCUT2D eigenvalue weighted by Crippen LogP contribution is -2.37. The molecule has 5 nitrogen and oxygen atoms in total. The zero-order chi connectivity index (χ0) is 16.2. The number of rotatable bonds is 4. The molecule has 1 atom stereocenters. The molecule has 3 rings (SSSR count). The second kappa shape index (κ2) is 7.21. The zero-order valence-electron chi connectivity index (χ0n) is 12.8. The van der Waals surface area contributed by atoms with Crippen LogP contribution in [0.3, 0.4) is 0 Å². The lowest BCUT2D eigenvalue weighted by atomic mass is 9.97. The molecule has 0 aromatic heterocycles. The number of nitrogens with one attached hydrogen (secondary N) is 1. The molecular formula is C17H20ClNO4. The van der Waals surface area contributed by atoms with Crippen molar-refractivity contribution in [3.05, 3.63) is 28.8 Å². The molecule has 2 aliphatic rings. The molecule has 1 aliphatic carbocycles. The third-order valence-electron chi connectivity index (χ3n) is 4.33. The quantitative estimate of drug-likeness (QED) is 0.857. The minimum Gasteiger partial charge on any atom is -0.492 e. The normalized spacial score (nSPS) is 20.5. The Morgan fingerprint density at radius 1 is 1.30 bits per heavy atom. The van der Waals surface area contributed by atoms with Crippen LogP contribution in [0.15, 0.2) is 18.2 Å². The second-order valence-corrected chi connectivity index (χ2v) is 6.56. The summed E-state index contributed by atoms with van der Waals surface area (Å²) in [6, 6.07) is 5.58. The molecule has 23 heavy (non-hydrogen) atoms. The van der Waals surface area contributed by atoms with Crippen LogP contribution in [0.5, 0.6) is 5.75 Å². The van der Waals surface area contributed by atoms with E-state index < -0.39 is 11.9 Å². The van der Waals surface area contributed by atoms with Crippen LogP contribution in [0.2, 0.25) is 5.02 Å². The summed E-state index contributed by atoms with van der Waals surface area (Å²) in [7, 11) is 0. The lowest BCUT2D eigenvalue weighted by molar-refractivity contribution is -0.154. The fraction of sp³-hybridized carbons (Fsp3) is 0.529. The van der Waals surface area contributed by atoms with Crippen molar-refractivity contribution in [1.29, 1.82) is 0 Å². The van der Waals surface area contributed by atoms with Crippen molar-refractivity contribution < 1.29 is 19.1 Å². The van der Waals surface area contributed by atoms with Crippen LogP contribution in [0.4, 0.5) is 0 Å². The molecule has 0 radical (unpaired) electrons. The highest BCUT2D eigenvalue weighted by Crippen LogP contribution is 2.30. The van der Waals surface area contributed by atoms with Crippen molar-refractivity contribution in [2.24, 2.45) is 5.92 Å². The van der Waals surface area contributed by atoms with Crippen LogP contribution in [0.25, 0.3) is 0 Å². The van der Waals surface area contributed by atoms with E-state index in [1.807, 2.05) is 0 Å². The maximum Gasteiger partial charge on any atom is 0.313 e. The van der Waals surface area contributed by atoms with Gasteiger partial charge >= 0.3 is 5.97 Å². The van der Waals surface area contributed by atoms with Gasteiger partial charge in [0.05, 0.1) is 5.92 Å². The van der Waals surface area contributed by atoms with Crippen LogP contribution >= 0.6 is 11.6 Å². The van der Waals surface area contributed by atoms with E-state index in [1.165, 1.54) is 0 Å². The van der Waals surface area contributed by atoms with Gasteiger partial charge in [-0.25, -0.2) is 0 Å². The molecule has 1 saturated carbocycles. The number of ether oxygens (including phenoxy) is 2. The Morgan fingerprint density at radius 3 is 2.87 bits per heavy atom. The van der Waals surface area contributed by atoms with Crippen molar-refractivity contribution in [3.63, 3.8) is 0 Å². The minimum atomic E-state index is -0.405. The fourth-order valence-corrected chi connectivity index (χ4v) is 3.30. The van der Waals surface area contributed by atoms with E-state index >= 15 is 0 Å². The summed E-state index contributed by atoms with van der Waals surface area (Å²) >= 11 is 5.96. The fourth-order valence-electron chi connectivity index (χ4n) is 3.11. The standard InChI is InChI=1S/C17H20ClNO4/c18-13-5-6-15-11(8-13)7-12(9-22-15)17(21)23-10-16(20)19-14-3-1-2-4-14/h5-6,8,12,14H,1-4,7,9-10H2,(H,19,20)/t12-/m1/s1. The van der Waals surface area contributed by atoms with Crippen molar-refractivity contribution in [3.8, 4) is 5.75 Å². The van der Waals surface area contributed by atoms with E-state index in [0.717, 1.165) is 37.0 Å². The molecule has 1 aliphatic heterocycles. The van der Waals surface area contributed by atoms with Crippen molar-refractivity contribution in [2.75, 3.05) is 13.2 Å². The first-order valence-corrected chi connectivity index (χ1v) is 8.37. The van der Waals surface area contributed by atoms with E-state index in [1.54, 1.807) is 18.2 Å². The predicted molar refractivity (Wildman–Crippen MR) is 85.5 cm³/mol. The third kappa shape index (κ3) is 4.16. The number of esters is 1. The molecule has 1 aromatic carbocycles. The molecule has 6 heteroatoms. The Morgan fingerprint density at radius 2 is 2.09 bits per heavy atom. The van der Waals surface area contributed by atoms with Gasteiger partial charge in [0.1, 0.15) is 12.4 Å². The molecule has 1 heterocycles. The van der Waals surface area contributed by atoms with Gasteiger partial charge in [-0.3, -0.25) is 9.59 Å². The summed E-state index contributed by atoms with van der Waals surface area (Å²) in [5, 5.41) is 3.50. The summed E-state index contributed by atoms with van der Waals surface area (Å²) in [5.74, 6) is -0.291. The van der Waals surface area contributed by atoms with Crippen LogP contribution < -0.4 is 10.1 Å². The summed E-state index contributed by atoms with van der Waals surface area (Å²) in [6.45, 7) is 0.0337. The summed E-state index contributed by atoms with van der Waals surface area (Å²) in [5.41, 5.74) is 0.890. The first kappa shape index (κ1) is 16.1. The van der Waals surface area contributed by atoms with Gasteiger partial charge in [-0.05, 0) is 43.0 Å². The van der Waals surface area contributed by atoms with Gasteiger partial charge in [0.2, 0.25) is 0 Å². The molecule has 0 saturated heterocycles. The summed E-state index contributed by atoms with van der Waals surface area (Å²) < 4.78 is 10.7. The maximum absolute atomic E-state index is 12.1. The van der Waals surface area contributed by atoms with E-state index in [-0.39, 0.29) is 25.2 Å². The molecule has 0 unspecified atom stereocenters. The minimum absolute atomic E-state index is 0.228. The summed E-state index contributed by atoms with van der Waals surface area (Å²) in [4.78, 5) is 23.9. The van der Waals surface area contributed by atoms with E-state index in [9.17, 15) is 9.59 Å². The van der Waals surface area contributed by atoms with Crippen LogP contribution in [-0.2, 0) is 20.7 Å². The lowest BCUT2D eigenvalue weighted by Gasteiger charge is -2.24. The number of benzene rings is 1. The molecular weight excluding hydrogens is 318 g/mol. The smallest absolute Gasteiger partial charge is 0.313 e. The summed E-state index contributed by atoms with van der Waals surface area (Å²) in [6.07, 6.45) is 4.82. The predicted octanol–water partition coefficient (Wildman–Crippen LogP) is 2.49. The van der Waals surface area contributed by atoms with Crippen LogP contribution in [-0.4, -0.2) is 31.1 Å². The Balaban J connectivity index is 1.48. The average Bonchev–Trinajstić information content (AvgIpc) is 3.04. The highest BCUT2D eigenvalue weighted by Gasteiger charge is 2.28. The van der Waals surface area contributed by atoms with Crippen LogP contribution in [0.1, 0.15) is 31.2 Å². The highest BCUT2D eigenvalue weighted by molar-refractivity contribution is 6.30. The molecule has 1 fully saturated rings. The van der Waals surface area contributed by atoms with Gasteiger partial charge < -0.3 is 14.8 Å². The van der Waals surface area contributed by atoms with Gasteiger partial charge in [0, 0.05) is 11.1 Å². The Bertz CT molecular complexity index is 598. The molecule has 1 aromatic rings. The van der Waals surface area contributed by atoms with Gasteiger partial charge in [0.15, 0.2) is 6.61 Å². The van der Waals surface area contributed by atoms with Gasteiger partial charge in [-0.2, -0.15) is 0 Å². The van der Waals surface area contributed by atoms with E-state index in [2.05, 4.69) is 5.32 Å². The number of carbonyl (C=O) groups is 2. The van der Waals surface area contributed by atoms with Crippen molar-refractivity contribution in [1.82, 2.24) is 5.32 Å². The number of hydrogen-bond acceptors (Lipinski definition) is 4. The molecule has 124 valence electrons. The van der Waals surface area contributed by atoms with Crippen molar-refractivity contribution >= 4 is 23.5 Å². The Hall–Kier alpha value is -1.75. The van der Waals surface area contributed by atoms with E-state index in [4.69, 9.17) is 21.1 Å². The van der Waals surface area contributed by atoms with Gasteiger partial charge in [-0.15, -0.1) is 0 Å². The molecule has 0 spiro atoms. The largest absolute Gasteiger partial charge is 0.492 e.